The van der Waals surface area contributed by atoms with Crippen LogP contribution in [-0.4, -0.2) is 44.6 Å². The highest BCUT2D eigenvalue weighted by atomic mass is 35.5. The van der Waals surface area contributed by atoms with Crippen LogP contribution in [0.15, 0.2) is 42.5 Å². The van der Waals surface area contributed by atoms with Crippen molar-refractivity contribution in [1.29, 1.82) is 0 Å². The van der Waals surface area contributed by atoms with Gasteiger partial charge < -0.3 is 10.1 Å². The fourth-order valence-electron chi connectivity index (χ4n) is 2.99. The van der Waals surface area contributed by atoms with Crippen molar-refractivity contribution in [3.63, 3.8) is 0 Å². The molecule has 27 heavy (non-hydrogen) atoms. The third kappa shape index (κ3) is 4.80. The lowest BCUT2D eigenvalue weighted by molar-refractivity contribution is 0.0956. The van der Waals surface area contributed by atoms with Gasteiger partial charge >= 0.3 is 0 Å². The Bertz CT molecular complexity index is 929. The number of amides is 1. The van der Waals surface area contributed by atoms with E-state index in [4.69, 9.17) is 16.3 Å². The maximum atomic E-state index is 12.6. The number of hydrogen-bond donors (Lipinski definition) is 1. The van der Waals surface area contributed by atoms with Crippen molar-refractivity contribution in [2.24, 2.45) is 0 Å². The van der Waals surface area contributed by atoms with E-state index in [1.807, 2.05) is 18.2 Å². The zero-order chi connectivity index (χ0) is 19.4. The molecule has 0 aliphatic carbocycles. The van der Waals surface area contributed by atoms with E-state index in [2.05, 4.69) is 5.32 Å². The summed E-state index contributed by atoms with van der Waals surface area (Å²) >= 11 is 5.80. The average Bonchev–Trinajstić information content (AvgIpc) is 2.67. The molecule has 0 aromatic heterocycles. The minimum atomic E-state index is -3.46. The molecule has 0 bridgehead atoms. The molecule has 2 aromatic rings. The molecule has 8 heteroatoms. The van der Waals surface area contributed by atoms with Crippen LogP contribution in [0.2, 0.25) is 5.02 Å². The molecular weight excluding hydrogens is 388 g/mol. The van der Waals surface area contributed by atoms with Crippen LogP contribution >= 0.6 is 11.6 Å². The summed E-state index contributed by atoms with van der Waals surface area (Å²) in [4.78, 5) is 12.1. The van der Waals surface area contributed by atoms with E-state index in [1.165, 1.54) is 4.31 Å². The van der Waals surface area contributed by atoms with Gasteiger partial charge in [0.2, 0.25) is 10.0 Å². The summed E-state index contributed by atoms with van der Waals surface area (Å²) < 4.78 is 31.9. The highest BCUT2D eigenvalue weighted by Crippen LogP contribution is 2.25. The van der Waals surface area contributed by atoms with Gasteiger partial charge in [-0.05, 0) is 53.9 Å². The number of carbonyl (C=O) groups is 1. The molecule has 1 amide bonds. The van der Waals surface area contributed by atoms with Crippen LogP contribution in [0.3, 0.4) is 0 Å². The van der Waals surface area contributed by atoms with Crippen LogP contribution in [-0.2, 0) is 23.0 Å². The molecule has 0 saturated carbocycles. The number of hydrogen-bond acceptors (Lipinski definition) is 4. The molecule has 1 aliphatic heterocycles. The minimum absolute atomic E-state index is 0.0514. The molecule has 0 unspecified atom stereocenters. The van der Waals surface area contributed by atoms with E-state index in [-0.39, 0.29) is 18.2 Å². The van der Waals surface area contributed by atoms with Crippen molar-refractivity contribution in [3.05, 3.63) is 64.2 Å². The summed E-state index contributed by atoms with van der Waals surface area (Å²) in [5.74, 6) is 0.311. The average molecular weight is 409 g/mol. The van der Waals surface area contributed by atoms with Crippen molar-refractivity contribution >= 4 is 27.5 Å². The molecule has 6 nitrogen and oxygen atoms in total. The maximum absolute atomic E-state index is 12.6. The SMILES string of the molecule is COc1ccc2c(c1)CCN(S(=O)(=O)CCNC(=O)c1ccc(Cl)cc1)C2. The summed E-state index contributed by atoms with van der Waals surface area (Å²) in [6.07, 6.45) is 0.642. The predicted molar refractivity (Wildman–Crippen MR) is 105 cm³/mol. The van der Waals surface area contributed by atoms with Gasteiger partial charge in [0.25, 0.3) is 5.91 Å². The fourth-order valence-corrected chi connectivity index (χ4v) is 4.44. The van der Waals surface area contributed by atoms with Gasteiger partial charge in [-0.25, -0.2) is 8.42 Å². The van der Waals surface area contributed by atoms with Gasteiger partial charge in [-0.1, -0.05) is 17.7 Å². The van der Waals surface area contributed by atoms with E-state index in [1.54, 1.807) is 31.4 Å². The van der Waals surface area contributed by atoms with E-state index in [0.29, 0.717) is 30.1 Å². The molecule has 1 aliphatic rings. The Labute approximate surface area is 164 Å². The standard InChI is InChI=1S/C19H21ClN2O4S/c1-26-18-7-4-16-13-22(10-8-15(16)12-18)27(24,25)11-9-21-19(23)14-2-5-17(20)6-3-14/h2-7,12H,8-11,13H2,1H3,(H,21,23). The van der Waals surface area contributed by atoms with Gasteiger partial charge in [0.1, 0.15) is 5.75 Å². The third-order valence-electron chi connectivity index (χ3n) is 4.54. The highest BCUT2D eigenvalue weighted by Gasteiger charge is 2.26. The first-order valence-corrected chi connectivity index (χ1v) is 10.5. The minimum Gasteiger partial charge on any atom is -0.497 e. The van der Waals surface area contributed by atoms with Crippen LogP contribution in [0.5, 0.6) is 5.75 Å². The zero-order valence-electron chi connectivity index (χ0n) is 14.9. The predicted octanol–water partition coefficient (Wildman–Crippen LogP) is 2.47. The van der Waals surface area contributed by atoms with E-state index >= 15 is 0 Å². The Balaban J connectivity index is 1.57. The van der Waals surface area contributed by atoms with Crippen LogP contribution < -0.4 is 10.1 Å². The number of benzene rings is 2. The van der Waals surface area contributed by atoms with Gasteiger partial charge in [-0.15, -0.1) is 0 Å². The Kier molecular flexibility index (Phi) is 6.04. The molecule has 1 heterocycles. The maximum Gasteiger partial charge on any atom is 0.251 e. The second kappa shape index (κ2) is 8.29. The number of nitrogens with zero attached hydrogens (tertiary/aromatic N) is 1. The number of fused-ring (bicyclic) bond motifs is 1. The first-order chi connectivity index (χ1) is 12.9. The third-order valence-corrected chi connectivity index (χ3v) is 6.61. The van der Waals surface area contributed by atoms with Gasteiger partial charge in [-0.2, -0.15) is 4.31 Å². The van der Waals surface area contributed by atoms with Gasteiger partial charge in [-0.3, -0.25) is 4.79 Å². The molecule has 1 N–H and O–H groups in total. The quantitative estimate of drug-likeness (QED) is 0.796. The molecule has 144 valence electrons. The first kappa shape index (κ1) is 19.7. The topological polar surface area (TPSA) is 75.7 Å². The molecule has 0 spiro atoms. The lowest BCUT2D eigenvalue weighted by atomic mass is 10.0. The van der Waals surface area contributed by atoms with E-state index in [0.717, 1.165) is 16.9 Å². The number of methoxy groups -OCH3 is 1. The van der Waals surface area contributed by atoms with Crippen LogP contribution in [0, 0.1) is 0 Å². The van der Waals surface area contributed by atoms with Crippen LogP contribution in [0.25, 0.3) is 0 Å². The van der Waals surface area contributed by atoms with Crippen molar-refractivity contribution < 1.29 is 17.9 Å². The number of nitrogens with one attached hydrogen (secondary N) is 1. The number of ether oxygens (including phenoxy) is 1. The van der Waals surface area contributed by atoms with Crippen molar-refractivity contribution in [1.82, 2.24) is 9.62 Å². The van der Waals surface area contributed by atoms with Crippen LogP contribution in [0.4, 0.5) is 0 Å². The molecule has 3 rings (SSSR count). The second-order valence-electron chi connectivity index (χ2n) is 6.30. The molecule has 0 saturated heterocycles. The number of carbonyl (C=O) groups excluding carboxylic acids is 1. The van der Waals surface area contributed by atoms with Crippen molar-refractivity contribution in [2.45, 2.75) is 13.0 Å². The molecule has 2 aromatic carbocycles. The Morgan fingerprint density at radius 2 is 1.93 bits per heavy atom. The summed E-state index contributed by atoms with van der Waals surface area (Å²) in [7, 11) is -1.85. The summed E-state index contributed by atoms with van der Waals surface area (Å²) in [5.41, 5.74) is 2.53. The van der Waals surface area contributed by atoms with Gasteiger partial charge in [0.15, 0.2) is 0 Å². The molecule has 0 radical (unpaired) electrons. The first-order valence-electron chi connectivity index (χ1n) is 8.56. The highest BCUT2D eigenvalue weighted by molar-refractivity contribution is 7.89. The molecule has 0 fully saturated rings. The number of rotatable bonds is 6. The smallest absolute Gasteiger partial charge is 0.251 e. The summed E-state index contributed by atoms with van der Waals surface area (Å²) in [6, 6.07) is 12.1. The van der Waals surface area contributed by atoms with Crippen molar-refractivity contribution in [3.8, 4) is 5.75 Å². The van der Waals surface area contributed by atoms with E-state index in [9.17, 15) is 13.2 Å². The molecule has 0 atom stereocenters. The van der Waals surface area contributed by atoms with Gasteiger partial charge in [0, 0.05) is 30.2 Å². The lowest BCUT2D eigenvalue weighted by Crippen LogP contribution is -2.40. The van der Waals surface area contributed by atoms with Crippen LogP contribution in [0.1, 0.15) is 21.5 Å². The zero-order valence-corrected chi connectivity index (χ0v) is 16.5. The summed E-state index contributed by atoms with van der Waals surface area (Å²) in [5, 5.41) is 3.18. The Morgan fingerprint density at radius 3 is 2.63 bits per heavy atom. The Hall–Kier alpha value is -2.09. The Morgan fingerprint density at radius 1 is 1.19 bits per heavy atom. The normalized spacial score (nSPS) is 14.4. The second-order valence-corrected chi connectivity index (χ2v) is 8.82. The number of halogens is 1. The lowest BCUT2D eigenvalue weighted by Gasteiger charge is -2.28. The monoisotopic (exact) mass is 408 g/mol. The van der Waals surface area contributed by atoms with E-state index < -0.39 is 10.0 Å². The molecular formula is C19H21ClN2O4S. The largest absolute Gasteiger partial charge is 0.497 e. The number of sulfonamides is 1. The van der Waals surface area contributed by atoms with Crippen molar-refractivity contribution in [2.75, 3.05) is 26.0 Å². The summed E-state index contributed by atoms with van der Waals surface area (Å²) in [6.45, 7) is 0.816. The fraction of sp³-hybridized carbons (Fsp3) is 0.316. The van der Waals surface area contributed by atoms with Gasteiger partial charge in [0.05, 0.1) is 12.9 Å².